The Kier molecular flexibility index (Phi) is 1.89. The summed E-state index contributed by atoms with van der Waals surface area (Å²) in [5.41, 5.74) is 2.18. The molecule has 0 bridgehead atoms. The number of hydrogen-bond acceptors (Lipinski definition) is 3. The van der Waals surface area contributed by atoms with Gasteiger partial charge in [0.05, 0.1) is 11.7 Å². The third kappa shape index (κ3) is 1.14. The van der Waals surface area contributed by atoms with E-state index in [-0.39, 0.29) is 11.9 Å². The highest BCUT2D eigenvalue weighted by molar-refractivity contribution is 6.01. The van der Waals surface area contributed by atoms with Crippen molar-refractivity contribution < 1.29 is 4.79 Å². The maximum absolute atomic E-state index is 12.3. The first-order valence-corrected chi connectivity index (χ1v) is 5.57. The van der Waals surface area contributed by atoms with Crippen molar-refractivity contribution in [2.24, 2.45) is 12.0 Å². The van der Waals surface area contributed by atoms with Crippen molar-refractivity contribution in [2.45, 2.75) is 25.8 Å². The minimum atomic E-state index is 0.0266. The van der Waals surface area contributed by atoms with Gasteiger partial charge in [0.1, 0.15) is 5.69 Å². The average Bonchev–Trinajstić information content (AvgIpc) is 2.80. The number of aromatic nitrogens is 2. The van der Waals surface area contributed by atoms with Gasteiger partial charge in [-0.3, -0.25) is 14.5 Å². The van der Waals surface area contributed by atoms with Gasteiger partial charge in [-0.1, -0.05) is 0 Å². The largest absolute Gasteiger partial charge is 0.329 e. The Morgan fingerprint density at radius 3 is 3.12 bits per heavy atom. The second-order valence-electron chi connectivity index (χ2n) is 4.39. The van der Waals surface area contributed by atoms with E-state index in [9.17, 15) is 4.79 Å². The molecule has 16 heavy (non-hydrogen) atoms. The predicted octanol–water partition coefficient (Wildman–Crippen LogP) is 1.05. The summed E-state index contributed by atoms with van der Waals surface area (Å²) in [7, 11) is 1.84. The van der Waals surface area contributed by atoms with Gasteiger partial charge < -0.3 is 4.90 Å². The average molecular weight is 218 g/mol. The molecule has 0 saturated carbocycles. The molecule has 84 valence electrons. The smallest absolute Gasteiger partial charge is 0.277 e. The summed E-state index contributed by atoms with van der Waals surface area (Å²) in [6.45, 7) is 2.76. The van der Waals surface area contributed by atoms with Crippen molar-refractivity contribution in [3.63, 3.8) is 0 Å². The number of aliphatic imine (C=N–C) groups is 1. The van der Waals surface area contributed by atoms with E-state index in [4.69, 9.17) is 0 Å². The van der Waals surface area contributed by atoms with Crippen molar-refractivity contribution in [2.75, 3.05) is 6.54 Å². The lowest BCUT2D eigenvalue weighted by Gasteiger charge is -2.18. The Hall–Kier alpha value is -1.65. The maximum Gasteiger partial charge on any atom is 0.277 e. The van der Waals surface area contributed by atoms with E-state index < -0.39 is 0 Å². The molecule has 0 radical (unpaired) electrons. The molecule has 1 amide bonds. The number of hydrogen-bond donors (Lipinski definition) is 0. The number of rotatable bonds is 0. The summed E-state index contributed by atoms with van der Waals surface area (Å²) < 4.78 is 1.72. The predicted molar refractivity (Wildman–Crippen MR) is 60.2 cm³/mol. The molecule has 1 saturated heterocycles. The van der Waals surface area contributed by atoms with Crippen LogP contribution in [0.5, 0.6) is 0 Å². The molecule has 1 aromatic rings. The molecule has 1 aromatic heterocycles. The topological polar surface area (TPSA) is 50.5 Å². The van der Waals surface area contributed by atoms with Gasteiger partial charge in [0, 0.05) is 19.8 Å². The Morgan fingerprint density at radius 2 is 2.31 bits per heavy atom. The highest BCUT2D eigenvalue weighted by atomic mass is 16.2. The van der Waals surface area contributed by atoms with Crippen LogP contribution >= 0.6 is 0 Å². The van der Waals surface area contributed by atoms with Crippen molar-refractivity contribution >= 4 is 17.8 Å². The molecule has 0 aromatic carbocycles. The molecule has 5 heteroatoms. The summed E-state index contributed by atoms with van der Waals surface area (Å²) in [4.78, 5) is 18.6. The van der Waals surface area contributed by atoms with E-state index in [1.165, 1.54) is 0 Å². The van der Waals surface area contributed by atoms with Gasteiger partial charge in [0.15, 0.2) is 5.69 Å². The standard InChI is InChI=1S/C11H14N4O/c1-7-9-10(13-14(7)2)11(16)15-5-3-4-8(15)6-12-9/h6,8H,3-5H2,1-2H3/t8-/m0/s1. The number of fused-ring (bicyclic) bond motifs is 2. The van der Waals surface area contributed by atoms with Gasteiger partial charge in [-0.15, -0.1) is 0 Å². The summed E-state index contributed by atoms with van der Waals surface area (Å²) in [5, 5.41) is 4.26. The van der Waals surface area contributed by atoms with Crippen LogP contribution in [0.25, 0.3) is 0 Å². The highest BCUT2D eigenvalue weighted by Crippen LogP contribution is 2.30. The molecule has 0 aliphatic carbocycles. The van der Waals surface area contributed by atoms with Gasteiger partial charge in [-0.2, -0.15) is 5.10 Å². The first-order valence-electron chi connectivity index (χ1n) is 5.57. The third-order valence-corrected chi connectivity index (χ3v) is 3.44. The molecule has 1 atom stereocenters. The number of carbonyl (C=O) groups is 1. The zero-order valence-corrected chi connectivity index (χ0v) is 9.47. The van der Waals surface area contributed by atoms with E-state index in [1.54, 1.807) is 4.68 Å². The lowest BCUT2D eigenvalue weighted by Crippen LogP contribution is -2.35. The number of aryl methyl sites for hydroxylation is 1. The molecule has 5 nitrogen and oxygen atoms in total. The molecule has 1 fully saturated rings. The minimum Gasteiger partial charge on any atom is -0.329 e. The number of amides is 1. The van der Waals surface area contributed by atoms with Crippen LogP contribution in [0.3, 0.4) is 0 Å². The van der Waals surface area contributed by atoms with Crippen LogP contribution in [0.15, 0.2) is 4.99 Å². The van der Waals surface area contributed by atoms with Gasteiger partial charge in [-0.25, -0.2) is 0 Å². The third-order valence-electron chi connectivity index (χ3n) is 3.44. The zero-order valence-electron chi connectivity index (χ0n) is 9.47. The molecular weight excluding hydrogens is 204 g/mol. The molecule has 0 unspecified atom stereocenters. The second kappa shape index (κ2) is 3.17. The van der Waals surface area contributed by atoms with Crippen molar-refractivity contribution in [3.8, 4) is 0 Å². The van der Waals surface area contributed by atoms with E-state index in [2.05, 4.69) is 10.1 Å². The summed E-state index contributed by atoms with van der Waals surface area (Å²) in [5.74, 6) is 0.0266. The van der Waals surface area contributed by atoms with E-state index in [0.29, 0.717) is 5.69 Å². The van der Waals surface area contributed by atoms with Gasteiger partial charge in [0.25, 0.3) is 5.91 Å². The normalized spacial score (nSPS) is 23.2. The number of nitrogens with zero attached hydrogens (tertiary/aromatic N) is 4. The highest BCUT2D eigenvalue weighted by Gasteiger charge is 2.34. The molecule has 0 N–H and O–H groups in total. The Labute approximate surface area is 93.8 Å². The van der Waals surface area contributed by atoms with Crippen LogP contribution in [-0.2, 0) is 7.05 Å². The van der Waals surface area contributed by atoms with Crippen LogP contribution < -0.4 is 0 Å². The molecule has 3 rings (SSSR count). The number of carbonyl (C=O) groups excluding carboxylic acids is 1. The summed E-state index contributed by atoms with van der Waals surface area (Å²) >= 11 is 0. The van der Waals surface area contributed by atoms with Crippen LogP contribution in [0, 0.1) is 6.92 Å². The van der Waals surface area contributed by atoms with Gasteiger partial charge in [-0.05, 0) is 19.8 Å². The van der Waals surface area contributed by atoms with Gasteiger partial charge in [0.2, 0.25) is 0 Å². The molecule has 3 heterocycles. The lowest BCUT2D eigenvalue weighted by atomic mass is 10.2. The van der Waals surface area contributed by atoms with Crippen LogP contribution in [0.2, 0.25) is 0 Å². The molecule has 2 aliphatic heterocycles. The van der Waals surface area contributed by atoms with Crippen LogP contribution in [0.1, 0.15) is 29.0 Å². The van der Waals surface area contributed by atoms with Gasteiger partial charge >= 0.3 is 0 Å². The Morgan fingerprint density at radius 1 is 1.50 bits per heavy atom. The van der Waals surface area contributed by atoms with Crippen molar-refractivity contribution in [3.05, 3.63) is 11.4 Å². The monoisotopic (exact) mass is 218 g/mol. The minimum absolute atomic E-state index is 0.0266. The molecular formula is C11H14N4O. The molecule has 0 spiro atoms. The summed E-state index contributed by atoms with van der Waals surface area (Å²) in [6.07, 6.45) is 3.97. The summed E-state index contributed by atoms with van der Waals surface area (Å²) in [6, 6.07) is 0.173. The fourth-order valence-corrected chi connectivity index (χ4v) is 2.39. The van der Waals surface area contributed by atoms with Crippen LogP contribution in [0.4, 0.5) is 5.69 Å². The van der Waals surface area contributed by atoms with E-state index in [0.717, 1.165) is 30.8 Å². The first-order chi connectivity index (χ1) is 7.68. The van der Waals surface area contributed by atoms with E-state index >= 15 is 0 Å². The molecule has 2 aliphatic rings. The second-order valence-corrected chi connectivity index (χ2v) is 4.39. The van der Waals surface area contributed by atoms with Crippen LogP contribution in [-0.4, -0.2) is 39.4 Å². The quantitative estimate of drug-likeness (QED) is 0.653. The Balaban J connectivity index is 2.15. The Bertz CT molecular complexity index is 488. The maximum atomic E-state index is 12.3. The first kappa shape index (κ1) is 9.57. The lowest BCUT2D eigenvalue weighted by molar-refractivity contribution is 0.0768. The SMILES string of the molecule is Cc1c2c(nn1C)C(=O)N1CCC[C@H]1C=N2. The zero-order chi connectivity index (χ0) is 11.3. The fourth-order valence-electron chi connectivity index (χ4n) is 2.39. The van der Waals surface area contributed by atoms with Crippen molar-refractivity contribution in [1.82, 2.24) is 14.7 Å². The fraction of sp³-hybridized carbons (Fsp3) is 0.545. The van der Waals surface area contributed by atoms with Crippen molar-refractivity contribution in [1.29, 1.82) is 0 Å². The van der Waals surface area contributed by atoms with E-state index in [1.807, 2.05) is 25.1 Å².